The Bertz CT molecular complexity index is 654. The average molecular weight is 310 g/mol. The first kappa shape index (κ1) is 18.7. The van der Waals surface area contributed by atoms with Crippen molar-refractivity contribution in [1.82, 2.24) is 0 Å². The predicted octanol–water partition coefficient (Wildman–Crippen LogP) is -1.37. The number of carbonyl (C=O) groups is 2. The maximum atomic E-state index is 11.0. The maximum Gasteiger partial charge on any atom is 1.00 e. The second kappa shape index (κ2) is 8.29. The van der Waals surface area contributed by atoms with Gasteiger partial charge in [-0.25, -0.2) is 9.59 Å². The monoisotopic (exact) mass is 310 g/mol. The summed E-state index contributed by atoms with van der Waals surface area (Å²) in [6.07, 6.45) is 0. The summed E-state index contributed by atoms with van der Waals surface area (Å²) in [5.74, 6) is -2.66. The third-order valence-electron chi connectivity index (χ3n) is 2.69. The molecule has 0 spiro atoms. The molecule has 3 N–H and O–H groups in total. The summed E-state index contributed by atoms with van der Waals surface area (Å²) in [6.45, 7) is 0. The summed E-state index contributed by atoms with van der Waals surface area (Å²) in [5.41, 5.74) is -0.312. The summed E-state index contributed by atoms with van der Waals surface area (Å²) < 4.78 is 10.0. The molecule has 0 amide bonds. The van der Waals surface area contributed by atoms with Gasteiger partial charge in [0, 0.05) is 0 Å². The molecule has 23 heavy (non-hydrogen) atoms. The molecular weight excluding hydrogens is 298 g/mol. The standard InChI is InChI=1S/C14H11BO7.Li.H/c16-13(17)9-5-1-3-7-11(9)21-15(20)22-12-8-4-2-6-10(12)14(18)19;;/h1-8,20H,(H,16,17)(H,18,19);;/q;+1;-1. The van der Waals surface area contributed by atoms with Gasteiger partial charge in [-0.15, -0.1) is 0 Å². The molecule has 2 aromatic carbocycles. The largest absolute Gasteiger partial charge is 1.00 e. The normalized spacial score (nSPS) is 9.43. The molecule has 9 heteroatoms. The molecule has 0 heterocycles. The molecule has 2 aromatic rings. The topological polar surface area (TPSA) is 113 Å². The molecule has 0 atom stereocenters. The Labute approximate surface area is 145 Å². The fourth-order valence-corrected chi connectivity index (χ4v) is 1.73. The zero-order valence-electron chi connectivity index (χ0n) is 13.2. The van der Waals surface area contributed by atoms with E-state index in [1.54, 1.807) is 0 Å². The number of aromatic carboxylic acids is 2. The summed E-state index contributed by atoms with van der Waals surface area (Å²) in [6, 6.07) is 11.4. The number of carboxylic acid groups (broad SMARTS) is 2. The van der Waals surface area contributed by atoms with E-state index < -0.39 is 19.3 Å². The fraction of sp³-hybridized carbons (Fsp3) is 0. The second-order valence-corrected chi connectivity index (χ2v) is 4.15. The van der Waals surface area contributed by atoms with E-state index in [1.807, 2.05) is 0 Å². The van der Waals surface area contributed by atoms with E-state index in [1.165, 1.54) is 48.5 Å². The maximum absolute atomic E-state index is 11.0. The predicted molar refractivity (Wildman–Crippen MR) is 77.1 cm³/mol. The van der Waals surface area contributed by atoms with Gasteiger partial charge in [-0.3, -0.25) is 0 Å². The molecule has 0 saturated heterocycles. The molecule has 0 aliphatic rings. The van der Waals surface area contributed by atoms with E-state index in [9.17, 15) is 14.6 Å². The molecule has 0 bridgehead atoms. The first-order valence-electron chi connectivity index (χ1n) is 6.15. The van der Waals surface area contributed by atoms with Crippen LogP contribution in [0.2, 0.25) is 0 Å². The van der Waals surface area contributed by atoms with Crippen molar-refractivity contribution in [1.29, 1.82) is 0 Å². The van der Waals surface area contributed by atoms with Crippen LogP contribution in [0.3, 0.4) is 0 Å². The Morgan fingerprint density at radius 2 is 1.17 bits per heavy atom. The summed E-state index contributed by atoms with van der Waals surface area (Å²) in [4.78, 5) is 22.0. The number of rotatable bonds is 6. The molecule has 7 nitrogen and oxygen atoms in total. The van der Waals surface area contributed by atoms with Gasteiger partial charge < -0.3 is 26.0 Å². The van der Waals surface area contributed by atoms with Crippen molar-refractivity contribution in [2.24, 2.45) is 0 Å². The van der Waals surface area contributed by atoms with Gasteiger partial charge in [0.1, 0.15) is 11.5 Å². The van der Waals surface area contributed by atoms with E-state index in [2.05, 4.69) is 0 Å². The molecule has 0 aliphatic carbocycles. The summed E-state index contributed by atoms with van der Waals surface area (Å²) >= 11 is 0. The molecule has 0 radical (unpaired) electrons. The fourth-order valence-electron chi connectivity index (χ4n) is 1.73. The summed E-state index contributed by atoms with van der Waals surface area (Å²) in [5, 5.41) is 27.7. The first-order valence-corrected chi connectivity index (χ1v) is 6.15. The Hall–Kier alpha value is -2.40. The van der Waals surface area contributed by atoms with Gasteiger partial charge in [0.2, 0.25) is 0 Å². The molecule has 0 unspecified atom stereocenters. The summed E-state index contributed by atoms with van der Waals surface area (Å²) in [7, 11) is -1.86. The van der Waals surface area contributed by atoms with Crippen LogP contribution in [0.25, 0.3) is 0 Å². The van der Waals surface area contributed by atoms with Crippen molar-refractivity contribution in [2.75, 3.05) is 0 Å². The second-order valence-electron chi connectivity index (χ2n) is 4.15. The molecule has 114 valence electrons. The molecule has 0 saturated carbocycles. The van der Waals surface area contributed by atoms with Gasteiger partial charge in [0.05, 0.1) is 11.1 Å². The average Bonchev–Trinajstić information content (AvgIpc) is 2.47. The van der Waals surface area contributed by atoms with Crippen LogP contribution in [0, 0.1) is 0 Å². The quantitative estimate of drug-likeness (QED) is 0.564. The van der Waals surface area contributed by atoms with Gasteiger partial charge >= 0.3 is 38.1 Å². The van der Waals surface area contributed by atoms with Crippen molar-refractivity contribution < 1.29 is 54.4 Å². The molecular formula is C14H12BLiO7. The van der Waals surface area contributed by atoms with E-state index in [4.69, 9.17) is 19.5 Å². The number of benzene rings is 2. The number of para-hydroxylation sites is 2. The minimum absolute atomic E-state index is 0. The molecule has 2 rings (SSSR count). The van der Waals surface area contributed by atoms with Crippen molar-refractivity contribution in [3.05, 3.63) is 59.7 Å². The Morgan fingerprint density at radius 3 is 1.52 bits per heavy atom. The van der Waals surface area contributed by atoms with Gasteiger partial charge in [-0.1, -0.05) is 24.3 Å². The smallest absolute Gasteiger partial charge is 1.00 e. The first-order chi connectivity index (χ1) is 10.5. The van der Waals surface area contributed by atoms with Crippen LogP contribution in [0.5, 0.6) is 11.5 Å². The van der Waals surface area contributed by atoms with Crippen LogP contribution in [-0.4, -0.2) is 34.5 Å². The minimum Gasteiger partial charge on any atom is -1.00 e. The molecule has 0 aromatic heterocycles. The van der Waals surface area contributed by atoms with Crippen LogP contribution < -0.4 is 28.2 Å². The van der Waals surface area contributed by atoms with Crippen molar-refractivity contribution >= 4 is 19.3 Å². The third kappa shape index (κ3) is 4.79. The minimum atomic E-state index is -1.86. The third-order valence-corrected chi connectivity index (χ3v) is 2.69. The Morgan fingerprint density at radius 1 is 0.826 bits per heavy atom. The van der Waals surface area contributed by atoms with Crippen LogP contribution in [0.1, 0.15) is 22.1 Å². The van der Waals surface area contributed by atoms with Crippen molar-refractivity contribution in [3.63, 3.8) is 0 Å². The van der Waals surface area contributed by atoms with Gasteiger partial charge in [0.15, 0.2) is 0 Å². The van der Waals surface area contributed by atoms with Crippen LogP contribution in [-0.2, 0) is 0 Å². The van der Waals surface area contributed by atoms with Gasteiger partial charge in [-0.05, 0) is 24.3 Å². The van der Waals surface area contributed by atoms with Crippen molar-refractivity contribution in [3.8, 4) is 11.5 Å². The van der Waals surface area contributed by atoms with Gasteiger partial charge in [-0.2, -0.15) is 0 Å². The van der Waals surface area contributed by atoms with Gasteiger partial charge in [0.25, 0.3) is 0 Å². The number of hydrogen-bond donors (Lipinski definition) is 3. The molecule has 0 aliphatic heterocycles. The molecule has 0 fully saturated rings. The van der Waals surface area contributed by atoms with Crippen LogP contribution in [0.15, 0.2) is 48.5 Å². The van der Waals surface area contributed by atoms with Crippen molar-refractivity contribution in [2.45, 2.75) is 0 Å². The zero-order chi connectivity index (χ0) is 16.1. The SMILES string of the molecule is O=C(O)c1ccccc1OB(O)Oc1ccccc1C(=O)O.[H-].[Li+]. The number of hydrogen-bond acceptors (Lipinski definition) is 5. The van der Waals surface area contributed by atoms with Crippen LogP contribution >= 0.6 is 0 Å². The zero-order valence-corrected chi connectivity index (χ0v) is 12.2. The Balaban J connectivity index is 0.00000264. The van der Waals surface area contributed by atoms with Crippen LogP contribution in [0.4, 0.5) is 0 Å². The van der Waals surface area contributed by atoms with E-state index >= 15 is 0 Å². The van der Waals surface area contributed by atoms with E-state index in [-0.39, 0.29) is 42.9 Å². The van der Waals surface area contributed by atoms with E-state index in [0.717, 1.165) is 0 Å². The number of carboxylic acids is 2. The Kier molecular flexibility index (Phi) is 6.72. The van der Waals surface area contributed by atoms with E-state index in [0.29, 0.717) is 0 Å².